The molecule has 0 spiro atoms. The first-order chi connectivity index (χ1) is 16.7. The summed E-state index contributed by atoms with van der Waals surface area (Å²) in [5.74, 6) is -1.43. The Morgan fingerprint density at radius 1 is 0.800 bits per heavy atom. The molecule has 2 amide bonds. The Labute approximate surface area is 214 Å². The standard InChI is InChI=1S/C28H24Cl2N2O3/c1-17-8-12-20(13-9-17)31-25(33)22-23(26(31)34)35-32(21-14-10-18(2)11-15-21)24(22)27(16-28(27,29)30)19-6-4-3-5-7-19/h3-15,22-24H,16H2,1-2H3. The Bertz CT molecular complexity index is 1310. The van der Waals surface area contributed by atoms with Gasteiger partial charge >= 0.3 is 0 Å². The van der Waals surface area contributed by atoms with E-state index in [2.05, 4.69) is 0 Å². The minimum atomic E-state index is -1.11. The van der Waals surface area contributed by atoms with Crippen LogP contribution < -0.4 is 9.96 Å². The second kappa shape index (κ2) is 7.82. The van der Waals surface area contributed by atoms with Crippen molar-refractivity contribution in [1.82, 2.24) is 0 Å². The van der Waals surface area contributed by atoms with Crippen LogP contribution in [0.5, 0.6) is 0 Å². The summed E-state index contributed by atoms with van der Waals surface area (Å²) >= 11 is 13.8. The first-order valence-corrected chi connectivity index (χ1v) is 12.4. The van der Waals surface area contributed by atoms with Gasteiger partial charge in [0.2, 0.25) is 5.91 Å². The van der Waals surface area contributed by atoms with Crippen molar-refractivity contribution in [3.63, 3.8) is 0 Å². The molecule has 2 aliphatic heterocycles. The number of hydrogen-bond donors (Lipinski definition) is 0. The van der Waals surface area contributed by atoms with Gasteiger partial charge in [-0.05, 0) is 50.1 Å². The fourth-order valence-corrected chi connectivity index (χ4v) is 6.49. The summed E-state index contributed by atoms with van der Waals surface area (Å²) in [5, 5.41) is 1.70. The molecule has 1 saturated carbocycles. The molecular weight excluding hydrogens is 483 g/mol. The Kier molecular flexibility index (Phi) is 5.05. The van der Waals surface area contributed by atoms with Gasteiger partial charge in [0.05, 0.1) is 22.8 Å². The number of nitrogens with zero attached hydrogens (tertiary/aromatic N) is 2. The number of carbonyl (C=O) groups excluding carboxylic acids is 2. The Morgan fingerprint density at radius 3 is 1.89 bits per heavy atom. The number of fused-ring (bicyclic) bond motifs is 1. The second-order valence-corrected chi connectivity index (χ2v) is 11.2. The smallest absolute Gasteiger partial charge is 0.266 e. The van der Waals surface area contributed by atoms with Gasteiger partial charge in [0, 0.05) is 0 Å². The summed E-state index contributed by atoms with van der Waals surface area (Å²) in [5.41, 5.74) is 3.56. The third-order valence-electron chi connectivity index (χ3n) is 7.52. The van der Waals surface area contributed by atoms with Crippen molar-refractivity contribution in [2.24, 2.45) is 5.92 Å². The van der Waals surface area contributed by atoms with Crippen molar-refractivity contribution in [2.45, 2.75) is 42.2 Å². The van der Waals surface area contributed by atoms with Gasteiger partial charge in [0.25, 0.3) is 5.91 Å². The van der Waals surface area contributed by atoms with E-state index in [1.807, 2.05) is 80.6 Å². The van der Waals surface area contributed by atoms with Crippen LogP contribution in [0, 0.1) is 19.8 Å². The summed E-state index contributed by atoms with van der Waals surface area (Å²) < 4.78 is -1.11. The number of halogens is 2. The number of amides is 2. The SMILES string of the molecule is Cc1ccc(N2C(=O)C3ON(c4ccc(C)cc4)C(C4(c5ccccc5)CC4(Cl)Cl)C3C2=O)cc1. The Hall–Kier alpha value is -2.86. The molecule has 2 saturated heterocycles. The first kappa shape index (κ1) is 22.6. The lowest BCUT2D eigenvalue weighted by atomic mass is 9.79. The van der Waals surface area contributed by atoms with Crippen LogP contribution in [0.15, 0.2) is 78.9 Å². The molecule has 0 bridgehead atoms. The van der Waals surface area contributed by atoms with Crippen LogP contribution in [-0.4, -0.2) is 28.3 Å². The molecule has 1 aliphatic carbocycles. The number of hydrogen-bond acceptors (Lipinski definition) is 4. The van der Waals surface area contributed by atoms with Gasteiger partial charge in [-0.3, -0.25) is 14.4 Å². The highest BCUT2D eigenvalue weighted by Crippen LogP contribution is 2.70. The van der Waals surface area contributed by atoms with Crippen molar-refractivity contribution in [2.75, 3.05) is 9.96 Å². The summed E-state index contributed by atoms with van der Waals surface area (Å²) in [4.78, 5) is 35.1. The van der Waals surface area contributed by atoms with Gasteiger partial charge in [0.1, 0.15) is 10.3 Å². The molecule has 6 rings (SSSR count). The molecule has 35 heavy (non-hydrogen) atoms. The van der Waals surface area contributed by atoms with Crippen LogP contribution in [0.3, 0.4) is 0 Å². The fourth-order valence-electron chi connectivity index (χ4n) is 5.63. The van der Waals surface area contributed by atoms with Crippen molar-refractivity contribution in [3.8, 4) is 0 Å². The molecule has 0 radical (unpaired) electrons. The summed E-state index contributed by atoms with van der Waals surface area (Å²) in [7, 11) is 0. The number of aryl methyl sites for hydroxylation is 2. The third kappa shape index (κ3) is 3.25. The van der Waals surface area contributed by atoms with Crippen LogP contribution in [-0.2, 0) is 19.8 Å². The van der Waals surface area contributed by atoms with E-state index in [4.69, 9.17) is 28.0 Å². The molecule has 0 N–H and O–H groups in total. The summed E-state index contributed by atoms with van der Waals surface area (Å²) in [6, 6.07) is 24.3. The Balaban J connectivity index is 1.49. The predicted molar refractivity (Wildman–Crippen MR) is 137 cm³/mol. The van der Waals surface area contributed by atoms with Gasteiger partial charge in [-0.2, -0.15) is 0 Å². The molecule has 7 heteroatoms. The minimum Gasteiger partial charge on any atom is -0.273 e. The maximum Gasteiger partial charge on any atom is 0.266 e. The molecule has 4 atom stereocenters. The molecule has 178 valence electrons. The van der Waals surface area contributed by atoms with Crippen molar-refractivity contribution < 1.29 is 14.4 Å². The van der Waals surface area contributed by atoms with Crippen molar-refractivity contribution >= 4 is 46.4 Å². The second-order valence-electron chi connectivity index (χ2n) is 9.72. The molecule has 3 aliphatic rings. The van der Waals surface area contributed by atoms with E-state index in [9.17, 15) is 9.59 Å². The zero-order valence-corrected chi connectivity index (χ0v) is 20.8. The van der Waals surface area contributed by atoms with E-state index in [1.165, 1.54) is 4.90 Å². The van der Waals surface area contributed by atoms with E-state index in [0.717, 1.165) is 22.4 Å². The van der Waals surface area contributed by atoms with E-state index >= 15 is 0 Å². The van der Waals surface area contributed by atoms with Gasteiger partial charge in [0.15, 0.2) is 6.10 Å². The maximum atomic E-state index is 14.0. The highest BCUT2D eigenvalue weighted by atomic mass is 35.5. The summed E-state index contributed by atoms with van der Waals surface area (Å²) in [6.07, 6.45) is -0.515. The quantitative estimate of drug-likeness (QED) is 0.346. The molecule has 3 aromatic carbocycles. The van der Waals surface area contributed by atoms with E-state index in [0.29, 0.717) is 12.1 Å². The zero-order chi connectivity index (χ0) is 24.5. The number of hydroxylamine groups is 1. The van der Waals surface area contributed by atoms with Crippen LogP contribution in [0.2, 0.25) is 0 Å². The number of benzene rings is 3. The highest BCUT2D eigenvalue weighted by molar-refractivity contribution is 6.52. The number of carbonyl (C=O) groups is 2. The van der Waals surface area contributed by atoms with Crippen molar-refractivity contribution in [1.29, 1.82) is 0 Å². The number of alkyl halides is 2. The van der Waals surface area contributed by atoms with Crippen LogP contribution >= 0.6 is 23.2 Å². The maximum absolute atomic E-state index is 14.0. The fraction of sp³-hybridized carbons (Fsp3) is 0.286. The van der Waals surface area contributed by atoms with Gasteiger partial charge in [-0.1, -0.05) is 65.7 Å². The van der Waals surface area contributed by atoms with Gasteiger partial charge in [-0.15, -0.1) is 23.2 Å². The zero-order valence-electron chi connectivity index (χ0n) is 19.3. The van der Waals surface area contributed by atoms with Crippen molar-refractivity contribution in [3.05, 3.63) is 95.6 Å². The molecular formula is C28H24Cl2N2O3. The van der Waals surface area contributed by atoms with Gasteiger partial charge < -0.3 is 0 Å². The van der Waals surface area contributed by atoms with E-state index in [1.54, 1.807) is 17.2 Å². The minimum absolute atomic E-state index is 0.296. The lowest BCUT2D eigenvalue weighted by molar-refractivity contribution is -0.126. The predicted octanol–water partition coefficient (Wildman–Crippen LogP) is 5.50. The largest absolute Gasteiger partial charge is 0.273 e. The van der Waals surface area contributed by atoms with Crippen LogP contribution in [0.1, 0.15) is 23.1 Å². The third-order valence-corrected chi connectivity index (χ3v) is 8.46. The molecule has 2 heterocycles. The first-order valence-electron chi connectivity index (χ1n) is 11.7. The van der Waals surface area contributed by atoms with Gasteiger partial charge in [-0.25, -0.2) is 9.96 Å². The summed E-state index contributed by atoms with van der Waals surface area (Å²) in [6.45, 7) is 3.96. The number of anilines is 2. The molecule has 4 unspecified atom stereocenters. The number of imide groups is 1. The average Bonchev–Trinajstić information content (AvgIpc) is 3.12. The molecule has 5 nitrogen and oxygen atoms in total. The van der Waals surface area contributed by atoms with Crippen LogP contribution in [0.25, 0.3) is 0 Å². The number of rotatable bonds is 4. The normalized spacial score (nSPS) is 29.0. The van der Waals surface area contributed by atoms with E-state index < -0.39 is 27.8 Å². The Morgan fingerprint density at radius 2 is 1.34 bits per heavy atom. The lowest BCUT2D eigenvalue weighted by Gasteiger charge is -2.35. The highest BCUT2D eigenvalue weighted by Gasteiger charge is 2.78. The lowest BCUT2D eigenvalue weighted by Crippen LogP contribution is -2.49. The monoisotopic (exact) mass is 506 g/mol. The van der Waals surface area contributed by atoms with E-state index in [-0.39, 0.29) is 11.8 Å². The average molecular weight is 507 g/mol. The molecule has 3 fully saturated rings. The topological polar surface area (TPSA) is 49.9 Å². The van der Waals surface area contributed by atoms with Crippen LogP contribution in [0.4, 0.5) is 11.4 Å². The molecule has 3 aromatic rings. The molecule has 0 aromatic heterocycles.